The van der Waals surface area contributed by atoms with Crippen LogP contribution in [0.2, 0.25) is 0 Å². The van der Waals surface area contributed by atoms with Crippen LogP contribution in [0.25, 0.3) is 10.9 Å². The normalized spacial score (nSPS) is 19.4. The molecule has 187 valence electrons. The number of carbonyl (C=O) groups is 1. The van der Waals surface area contributed by atoms with Gasteiger partial charge in [-0.3, -0.25) is 9.78 Å². The van der Waals surface area contributed by atoms with Crippen LogP contribution < -0.4 is 14.8 Å². The van der Waals surface area contributed by atoms with Crippen molar-refractivity contribution in [3.8, 4) is 11.5 Å². The van der Waals surface area contributed by atoms with Gasteiger partial charge in [-0.15, -0.1) is 0 Å². The quantitative estimate of drug-likeness (QED) is 0.338. The fourth-order valence-corrected chi connectivity index (χ4v) is 5.37. The van der Waals surface area contributed by atoms with Crippen molar-refractivity contribution >= 4 is 27.1 Å². The third-order valence-corrected chi connectivity index (χ3v) is 7.78. The molecule has 2 heterocycles. The van der Waals surface area contributed by atoms with Crippen LogP contribution in [0, 0.1) is 6.92 Å². The van der Waals surface area contributed by atoms with Gasteiger partial charge < -0.3 is 24.4 Å². The molecule has 1 aliphatic carbocycles. The minimum absolute atomic E-state index is 0.107. The van der Waals surface area contributed by atoms with Crippen LogP contribution in [-0.2, 0) is 10.3 Å². The average Bonchev–Trinajstić information content (AvgIpc) is 3.64. The first-order valence-electron chi connectivity index (χ1n) is 12.4. The van der Waals surface area contributed by atoms with E-state index in [0.717, 1.165) is 53.6 Å². The Morgan fingerprint density at radius 1 is 1.22 bits per heavy atom. The molecule has 2 aliphatic rings. The summed E-state index contributed by atoms with van der Waals surface area (Å²) in [5.41, 5.74) is 2.83. The van der Waals surface area contributed by atoms with Gasteiger partial charge in [0.2, 0.25) is 0 Å². The first-order chi connectivity index (χ1) is 17.4. The highest BCUT2D eigenvalue weighted by atomic mass is 28.1. The number of pyridine rings is 1. The van der Waals surface area contributed by atoms with E-state index in [2.05, 4.69) is 38.6 Å². The summed E-state index contributed by atoms with van der Waals surface area (Å²) in [6, 6.07) is 14.0. The molecule has 3 aromatic rings. The summed E-state index contributed by atoms with van der Waals surface area (Å²) in [6.45, 7) is 3.97. The number of hydrogen-bond donors (Lipinski definition) is 1. The van der Waals surface area contributed by atoms with Crippen molar-refractivity contribution in [3.05, 3.63) is 65.4 Å². The summed E-state index contributed by atoms with van der Waals surface area (Å²) in [5.74, 6) is 1.30. The number of nitrogens with one attached hydrogen (secondary N) is 1. The summed E-state index contributed by atoms with van der Waals surface area (Å²) >= 11 is 0. The van der Waals surface area contributed by atoms with Gasteiger partial charge in [-0.1, -0.05) is 12.1 Å². The number of ether oxygens (including phenoxy) is 3. The van der Waals surface area contributed by atoms with Gasteiger partial charge in [0.1, 0.15) is 18.1 Å². The van der Waals surface area contributed by atoms with Crippen molar-refractivity contribution in [3.63, 3.8) is 0 Å². The second-order valence-electron chi connectivity index (χ2n) is 9.77. The molecule has 2 fully saturated rings. The van der Waals surface area contributed by atoms with Gasteiger partial charge in [-0.05, 0) is 75.2 Å². The van der Waals surface area contributed by atoms with Crippen molar-refractivity contribution in [2.24, 2.45) is 0 Å². The predicted octanol–water partition coefficient (Wildman–Crippen LogP) is 3.57. The molecular formula is C28H32N3O4Si. The van der Waals surface area contributed by atoms with Gasteiger partial charge >= 0.3 is 0 Å². The SMILES string of the molecule is COCCOc1cc(C2(NC(=O)c3cc(OC([Si])[C@@H]4CCN4C)ccc3C)CC2)c2cccnc2c1. The lowest BCUT2D eigenvalue weighted by Crippen LogP contribution is -2.53. The topological polar surface area (TPSA) is 72.9 Å². The highest BCUT2D eigenvalue weighted by molar-refractivity contribution is 6.11. The molecule has 1 amide bonds. The van der Waals surface area contributed by atoms with Gasteiger partial charge in [0, 0.05) is 36.4 Å². The van der Waals surface area contributed by atoms with E-state index in [1.807, 2.05) is 43.3 Å². The molecule has 2 atom stereocenters. The molecular weight excluding hydrogens is 470 g/mol. The van der Waals surface area contributed by atoms with Crippen LogP contribution in [-0.4, -0.2) is 71.7 Å². The number of carbonyl (C=O) groups excluding carboxylic acids is 1. The highest BCUT2D eigenvalue weighted by Gasteiger charge is 2.47. The molecule has 1 saturated heterocycles. The molecule has 3 radical (unpaired) electrons. The van der Waals surface area contributed by atoms with Crippen LogP contribution in [0.5, 0.6) is 11.5 Å². The lowest BCUT2D eigenvalue weighted by atomic mass is 9.97. The number of hydrogen-bond acceptors (Lipinski definition) is 6. The Morgan fingerprint density at radius 3 is 2.75 bits per heavy atom. The minimum Gasteiger partial charge on any atom is -0.493 e. The third-order valence-electron chi connectivity index (χ3n) is 7.28. The summed E-state index contributed by atoms with van der Waals surface area (Å²) in [4.78, 5) is 20.4. The van der Waals surface area contributed by atoms with Crippen LogP contribution >= 0.6 is 0 Å². The van der Waals surface area contributed by atoms with E-state index in [0.29, 0.717) is 30.6 Å². The smallest absolute Gasteiger partial charge is 0.252 e. The van der Waals surface area contributed by atoms with Gasteiger partial charge in [-0.2, -0.15) is 0 Å². The molecule has 1 N–H and O–H groups in total. The lowest BCUT2D eigenvalue weighted by molar-refractivity contribution is 0.0562. The van der Waals surface area contributed by atoms with E-state index < -0.39 is 5.54 Å². The fourth-order valence-electron chi connectivity index (χ4n) is 4.81. The number of nitrogens with zero attached hydrogens (tertiary/aromatic N) is 2. The molecule has 36 heavy (non-hydrogen) atoms. The van der Waals surface area contributed by atoms with Crippen LogP contribution in [0.3, 0.4) is 0 Å². The second-order valence-corrected chi connectivity index (χ2v) is 10.3. The number of aryl methyl sites for hydroxylation is 1. The molecule has 5 rings (SSSR count). The van der Waals surface area contributed by atoms with Crippen molar-refractivity contribution in [2.75, 3.05) is 33.9 Å². The van der Waals surface area contributed by atoms with Crippen LogP contribution in [0.15, 0.2) is 48.7 Å². The zero-order valence-corrected chi connectivity index (χ0v) is 22.0. The van der Waals surface area contributed by atoms with Gasteiger partial charge in [-0.25, -0.2) is 0 Å². The Morgan fingerprint density at radius 2 is 2.06 bits per heavy atom. The first kappa shape index (κ1) is 24.7. The number of methoxy groups -OCH3 is 1. The average molecular weight is 503 g/mol. The Labute approximate surface area is 215 Å². The number of fused-ring (bicyclic) bond motifs is 1. The maximum absolute atomic E-state index is 13.6. The number of likely N-dealkylation sites (tertiary alicyclic amines) is 1. The summed E-state index contributed by atoms with van der Waals surface area (Å²) in [6.07, 6.45) is 4.58. The summed E-state index contributed by atoms with van der Waals surface area (Å²) in [7, 11) is 7.46. The monoisotopic (exact) mass is 502 g/mol. The maximum Gasteiger partial charge on any atom is 0.252 e. The summed E-state index contributed by atoms with van der Waals surface area (Å²) < 4.78 is 17.2. The molecule has 2 aromatic carbocycles. The number of benzene rings is 2. The minimum atomic E-state index is -0.450. The standard InChI is InChI=1S/C28H32N3O4Si/c1-18-6-7-19(35-27(36)25-8-12-31(25)2)15-22(18)26(32)30-28(9-10-28)23-16-20(34-14-13-33-3)17-24-21(23)5-4-11-29-24/h4-7,11,15-17,25,27H,8-10,12-14H2,1-3H3,(H,30,32)/t25-,27?/m0/s1. The van der Waals surface area contributed by atoms with E-state index in [1.54, 1.807) is 13.3 Å². The predicted molar refractivity (Wildman–Crippen MR) is 140 cm³/mol. The van der Waals surface area contributed by atoms with Gasteiger partial charge in [0.25, 0.3) is 5.91 Å². The Bertz CT molecular complexity index is 1260. The Kier molecular flexibility index (Phi) is 7.01. The molecule has 1 unspecified atom stereocenters. The van der Waals surface area contributed by atoms with Crippen molar-refractivity contribution < 1.29 is 19.0 Å². The number of aromatic nitrogens is 1. The second kappa shape index (κ2) is 10.2. The maximum atomic E-state index is 13.6. The summed E-state index contributed by atoms with van der Waals surface area (Å²) in [5, 5.41) is 4.36. The largest absolute Gasteiger partial charge is 0.493 e. The van der Waals surface area contributed by atoms with E-state index in [4.69, 9.17) is 14.2 Å². The molecule has 0 bridgehead atoms. The molecule has 1 aliphatic heterocycles. The highest BCUT2D eigenvalue weighted by Crippen LogP contribution is 2.49. The van der Waals surface area contributed by atoms with Crippen molar-refractivity contribution in [1.82, 2.24) is 15.2 Å². The van der Waals surface area contributed by atoms with Crippen molar-refractivity contribution in [1.29, 1.82) is 0 Å². The molecule has 0 spiro atoms. The number of likely N-dealkylation sites (N-methyl/N-ethyl adjacent to an activating group) is 1. The Hall–Kier alpha value is -2.94. The van der Waals surface area contributed by atoms with Gasteiger partial charge in [0.15, 0.2) is 0 Å². The fraction of sp³-hybridized carbons (Fsp3) is 0.429. The zero-order chi connectivity index (χ0) is 25.3. The molecule has 7 nitrogen and oxygen atoms in total. The van der Waals surface area contributed by atoms with E-state index in [1.165, 1.54) is 0 Å². The molecule has 1 aromatic heterocycles. The zero-order valence-electron chi connectivity index (χ0n) is 21.0. The van der Waals surface area contributed by atoms with Crippen LogP contribution in [0.1, 0.15) is 40.7 Å². The number of rotatable bonds is 10. The van der Waals surface area contributed by atoms with E-state index >= 15 is 0 Å². The first-order valence-corrected chi connectivity index (χ1v) is 13.0. The Balaban J connectivity index is 1.39. The molecule has 1 saturated carbocycles. The number of amides is 1. The van der Waals surface area contributed by atoms with E-state index in [9.17, 15) is 4.79 Å². The third kappa shape index (κ3) is 4.98. The van der Waals surface area contributed by atoms with E-state index in [-0.39, 0.29) is 11.6 Å². The molecule has 8 heteroatoms. The van der Waals surface area contributed by atoms with Crippen molar-refractivity contribution in [2.45, 2.75) is 43.5 Å². The van der Waals surface area contributed by atoms with Crippen LogP contribution in [0.4, 0.5) is 0 Å². The lowest BCUT2D eigenvalue weighted by Gasteiger charge is -2.41. The van der Waals surface area contributed by atoms with Gasteiger partial charge in [0.05, 0.1) is 33.6 Å².